The van der Waals surface area contributed by atoms with Crippen molar-refractivity contribution in [3.8, 4) is 0 Å². The first kappa shape index (κ1) is 92.6. The number of carbonyl (C=O) groups is 1. The predicted octanol–water partition coefficient (Wildman–Crippen LogP) is 25.0. The van der Waals surface area contributed by atoms with Gasteiger partial charge >= 0.3 is 0 Å². The fourth-order valence-corrected chi connectivity index (χ4v) is 13.7. The summed E-state index contributed by atoms with van der Waals surface area (Å²) in [6.45, 7) is 3.71. The Morgan fingerprint density at radius 2 is 0.649 bits per heavy atom. The number of aliphatic hydroxyl groups excluding tert-OH is 5. The summed E-state index contributed by atoms with van der Waals surface area (Å²) in [4.78, 5) is 13.2. The molecule has 1 aliphatic rings. The molecule has 1 amide bonds. The lowest BCUT2D eigenvalue weighted by molar-refractivity contribution is -0.302. The molecule has 568 valence electrons. The van der Waals surface area contributed by atoms with E-state index in [4.69, 9.17) is 9.47 Å². The third kappa shape index (κ3) is 64.2. The number of unbranched alkanes of at least 4 members (excludes halogenated alkanes) is 56. The second-order valence-electron chi connectivity index (χ2n) is 29.6. The Balaban J connectivity index is 2.04. The normalized spacial score (nSPS) is 17.7. The number of hydrogen-bond acceptors (Lipinski definition) is 8. The van der Waals surface area contributed by atoms with Crippen LogP contribution in [0.2, 0.25) is 0 Å². The Labute approximate surface area is 601 Å². The molecule has 0 saturated carbocycles. The topological polar surface area (TPSA) is 149 Å². The molecule has 0 aromatic rings. The minimum absolute atomic E-state index is 0.178. The zero-order valence-corrected chi connectivity index (χ0v) is 64.1. The molecule has 0 bridgehead atoms. The molecule has 1 saturated heterocycles. The van der Waals surface area contributed by atoms with Crippen LogP contribution in [0.3, 0.4) is 0 Å². The molecule has 1 rings (SSSR count). The molecule has 7 unspecified atom stereocenters. The Hall–Kier alpha value is -2.37. The van der Waals surface area contributed by atoms with Gasteiger partial charge in [-0.3, -0.25) is 4.79 Å². The second kappa shape index (κ2) is 76.3. The Kier molecular flexibility index (Phi) is 72.8. The maximum atomic E-state index is 13.2. The standard InChI is InChI=1S/C88H163NO8/c1-3-5-7-9-11-13-15-17-19-21-23-25-27-29-31-33-35-37-38-39-40-41-42-43-44-46-48-50-52-54-56-58-60-62-64-66-68-70-72-74-76-78-84(92)89-81(80-96-88-87(95)86(94)85(93)83(79-90)97-88)82(91)77-75-73-71-69-67-65-63-61-59-57-55-53-51-49-47-45-36-34-32-30-28-26-24-22-20-18-16-14-12-10-8-6-4-2/h5,7,11,13,17,19,23,25,67,69,75,77,81-83,85-88,90-91,93-95H,3-4,6,8-10,12,14-16,18,20-22,24,26-66,68,70-74,76,78-80H2,1-2H3,(H,89,92)/b7-5-,13-11-,19-17-,25-23-,69-67+,77-75+. The molecule has 9 heteroatoms. The summed E-state index contributed by atoms with van der Waals surface area (Å²) in [6, 6.07) is -0.824. The van der Waals surface area contributed by atoms with Crippen molar-refractivity contribution in [2.75, 3.05) is 13.2 Å². The quantitative estimate of drug-likeness (QED) is 0.0261. The minimum atomic E-state index is -1.57. The van der Waals surface area contributed by atoms with Crippen molar-refractivity contribution < 1.29 is 39.8 Å². The van der Waals surface area contributed by atoms with Crippen LogP contribution in [0.4, 0.5) is 0 Å². The SMILES string of the molecule is CC/C=C\C/C=C\C/C=C\C/C=C\CCCCCCCCCCCCCCCCCCCCCCCCCCCCCCC(=O)NC(COC1OC(CO)C(O)C(O)C1O)C(O)/C=C/CC/C=C/CCCCCCCCCCCCCCCCCCCCCCCCCCCCC. The number of ether oxygens (including phenoxy) is 2. The zero-order chi connectivity index (χ0) is 69.9. The van der Waals surface area contributed by atoms with Gasteiger partial charge in [-0.05, 0) is 70.6 Å². The van der Waals surface area contributed by atoms with Crippen LogP contribution >= 0.6 is 0 Å². The van der Waals surface area contributed by atoms with Gasteiger partial charge in [-0.2, -0.15) is 0 Å². The first-order chi connectivity index (χ1) is 47.8. The first-order valence-electron chi connectivity index (χ1n) is 42.7. The largest absolute Gasteiger partial charge is 0.394 e. The summed E-state index contributed by atoms with van der Waals surface area (Å²) in [5.74, 6) is -0.178. The highest BCUT2D eigenvalue weighted by Gasteiger charge is 2.44. The molecular formula is C88H163NO8. The fraction of sp³-hybridized carbons (Fsp3) is 0.852. The van der Waals surface area contributed by atoms with Crippen molar-refractivity contribution in [2.24, 2.45) is 0 Å². The molecule has 0 aromatic carbocycles. The van der Waals surface area contributed by atoms with E-state index in [9.17, 15) is 30.3 Å². The first-order valence-corrected chi connectivity index (χ1v) is 42.7. The molecular weight excluding hydrogens is 1200 g/mol. The summed E-state index contributed by atoms with van der Waals surface area (Å²) in [6.07, 6.45) is 102. The van der Waals surface area contributed by atoms with Gasteiger partial charge in [-0.1, -0.05) is 421 Å². The van der Waals surface area contributed by atoms with Gasteiger partial charge in [0.15, 0.2) is 6.29 Å². The van der Waals surface area contributed by atoms with Gasteiger partial charge in [0.05, 0.1) is 25.4 Å². The van der Waals surface area contributed by atoms with Gasteiger partial charge in [0.1, 0.15) is 24.4 Å². The van der Waals surface area contributed by atoms with E-state index >= 15 is 0 Å². The highest BCUT2D eigenvalue weighted by atomic mass is 16.7. The minimum Gasteiger partial charge on any atom is -0.394 e. The number of aliphatic hydroxyl groups is 5. The lowest BCUT2D eigenvalue weighted by Crippen LogP contribution is -2.60. The molecule has 9 nitrogen and oxygen atoms in total. The smallest absolute Gasteiger partial charge is 0.220 e. The van der Waals surface area contributed by atoms with Crippen molar-refractivity contribution >= 4 is 5.91 Å². The fourth-order valence-electron chi connectivity index (χ4n) is 13.7. The van der Waals surface area contributed by atoms with Crippen LogP contribution in [-0.4, -0.2) is 87.5 Å². The molecule has 0 spiro atoms. The van der Waals surface area contributed by atoms with Gasteiger partial charge in [0.2, 0.25) is 5.91 Å². The number of carbonyl (C=O) groups excluding carboxylic acids is 1. The van der Waals surface area contributed by atoms with E-state index in [1.807, 2.05) is 6.08 Å². The lowest BCUT2D eigenvalue weighted by Gasteiger charge is -2.40. The van der Waals surface area contributed by atoms with E-state index in [0.29, 0.717) is 6.42 Å². The van der Waals surface area contributed by atoms with Crippen LogP contribution < -0.4 is 5.32 Å². The van der Waals surface area contributed by atoms with E-state index in [-0.39, 0.29) is 12.5 Å². The highest BCUT2D eigenvalue weighted by Crippen LogP contribution is 2.24. The van der Waals surface area contributed by atoms with Gasteiger partial charge < -0.3 is 40.3 Å². The van der Waals surface area contributed by atoms with E-state index in [2.05, 4.69) is 79.9 Å². The van der Waals surface area contributed by atoms with E-state index in [1.54, 1.807) is 6.08 Å². The molecule has 1 heterocycles. The lowest BCUT2D eigenvalue weighted by atomic mass is 9.99. The third-order valence-corrected chi connectivity index (χ3v) is 20.3. The molecule has 0 aliphatic carbocycles. The number of hydrogen-bond donors (Lipinski definition) is 6. The van der Waals surface area contributed by atoms with Crippen molar-refractivity contribution in [1.29, 1.82) is 0 Å². The van der Waals surface area contributed by atoms with Crippen LogP contribution in [0, 0.1) is 0 Å². The maximum absolute atomic E-state index is 13.2. The van der Waals surface area contributed by atoms with Crippen molar-refractivity contribution in [3.05, 3.63) is 72.9 Å². The average Bonchev–Trinajstić information content (AvgIpc) is 0.854. The van der Waals surface area contributed by atoms with Crippen molar-refractivity contribution in [3.63, 3.8) is 0 Å². The van der Waals surface area contributed by atoms with Gasteiger partial charge in [0, 0.05) is 6.42 Å². The highest BCUT2D eigenvalue weighted by molar-refractivity contribution is 5.76. The third-order valence-electron chi connectivity index (χ3n) is 20.3. The van der Waals surface area contributed by atoms with Crippen LogP contribution in [0.25, 0.3) is 0 Å². The van der Waals surface area contributed by atoms with Gasteiger partial charge in [-0.15, -0.1) is 0 Å². The van der Waals surface area contributed by atoms with Crippen molar-refractivity contribution in [2.45, 2.75) is 468 Å². The predicted molar refractivity (Wildman–Crippen MR) is 419 cm³/mol. The Morgan fingerprint density at radius 3 is 0.990 bits per heavy atom. The van der Waals surface area contributed by atoms with Gasteiger partial charge in [0.25, 0.3) is 0 Å². The van der Waals surface area contributed by atoms with Crippen LogP contribution in [-0.2, 0) is 14.3 Å². The number of nitrogens with one attached hydrogen (secondary N) is 1. The Morgan fingerprint density at radius 1 is 0.361 bits per heavy atom. The van der Waals surface area contributed by atoms with Crippen LogP contribution in [0.1, 0.15) is 425 Å². The molecule has 1 fully saturated rings. The van der Waals surface area contributed by atoms with Gasteiger partial charge in [-0.25, -0.2) is 0 Å². The monoisotopic (exact) mass is 1360 g/mol. The van der Waals surface area contributed by atoms with Crippen molar-refractivity contribution in [1.82, 2.24) is 5.32 Å². The van der Waals surface area contributed by atoms with Crippen LogP contribution in [0.15, 0.2) is 72.9 Å². The summed E-state index contributed by atoms with van der Waals surface area (Å²) in [5, 5.41) is 54.9. The molecule has 0 radical (unpaired) electrons. The molecule has 97 heavy (non-hydrogen) atoms. The average molecular weight is 1360 g/mol. The molecule has 7 atom stereocenters. The maximum Gasteiger partial charge on any atom is 0.220 e. The van der Waals surface area contributed by atoms with E-state index in [1.165, 1.54) is 340 Å². The Bertz CT molecular complexity index is 1780. The van der Waals surface area contributed by atoms with E-state index < -0.39 is 49.5 Å². The molecule has 1 aliphatic heterocycles. The summed E-state index contributed by atoms with van der Waals surface area (Å²) in [5.41, 5.74) is 0. The summed E-state index contributed by atoms with van der Waals surface area (Å²) >= 11 is 0. The molecule has 6 N–H and O–H groups in total. The number of rotatable bonds is 76. The number of allylic oxidation sites excluding steroid dienone is 11. The van der Waals surface area contributed by atoms with Crippen LogP contribution in [0.5, 0.6) is 0 Å². The number of amides is 1. The zero-order valence-electron chi connectivity index (χ0n) is 64.1. The summed E-state index contributed by atoms with van der Waals surface area (Å²) < 4.78 is 11.3. The van der Waals surface area contributed by atoms with E-state index in [0.717, 1.165) is 64.2 Å². The summed E-state index contributed by atoms with van der Waals surface area (Å²) in [7, 11) is 0. The second-order valence-corrected chi connectivity index (χ2v) is 29.6. The molecule has 0 aromatic heterocycles.